The van der Waals surface area contributed by atoms with Gasteiger partial charge in [0.2, 0.25) is 0 Å². The normalized spacial score (nSPS) is 17.1. The summed E-state index contributed by atoms with van der Waals surface area (Å²) >= 11 is 0. The molecule has 1 saturated carbocycles. The minimum absolute atomic E-state index is 0.210. The Kier molecular flexibility index (Phi) is 6.16. The van der Waals surface area contributed by atoms with Crippen molar-refractivity contribution in [1.82, 2.24) is 15.5 Å². The third-order valence-electron chi connectivity index (χ3n) is 5.03. The molecule has 0 unspecified atom stereocenters. The predicted molar refractivity (Wildman–Crippen MR) is 104 cm³/mol. The molecule has 1 heterocycles. The Morgan fingerprint density at radius 2 is 1.93 bits per heavy atom. The molecule has 0 bridgehead atoms. The molecule has 6 heteroatoms. The van der Waals surface area contributed by atoms with Crippen molar-refractivity contribution in [2.75, 3.05) is 19.7 Å². The van der Waals surface area contributed by atoms with Gasteiger partial charge in [0.25, 0.3) is 0 Å². The molecule has 0 saturated heterocycles. The maximum Gasteiger partial charge on any atom is 0.337 e. The molecule has 2 aliphatic rings. The van der Waals surface area contributed by atoms with E-state index in [2.05, 4.69) is 53.6 Å². The molecule has 0 spiro atoms. The Hall–Kier alpha value is -2.34. The van der Waals surface area contributed by atoms with E-state index >= 15 is 0 Å². The quantitative estimate of drug-likeness (QED) is 0.690. The summed E-state index contributed by atoms with van der Waals surface area (Å²) in [7, 11) is 0. The van der Waals surface area contributed by atoms with Crippen LogP contribution >= 0.6 is 0 Å². The molecule has 0 aromatic heterocycles. The monoisotopic (exact) mass is 371 g/mol. The second-order valence-corrected chi connectivity index (χ2v) is 7.52. The number of carbonyl (C=O) groups is 2. The fourth-order valence-corrected chi connectivity index (χ4v) is 3.28. The van der Waals surface area contributed by atoms with E-state index in [1.165, 1.54) is 11.1 Å². The number of hydrogen-bond donors (Lipinski definition) is 2. The molecule has 2 N–H and O–H groups in total. The zero-order chi connectivity index (χ0) is 19.4. The first-order chi connectivity index (χ1) is 13.0. The van der Waals surface area contributed by atoms with Crippen LogP contribution in [0.4, 0.5) is 4.79 Å². The fraction of sp³-hybridized carbons (Fsp3) is 0.524. The van der Waals surface area contributed by atoms with E-state index in [0.29, 0.717) is 36.4 Å². The van der Waals surface area contributed by atoms with Gasteiger partial charge in [-0.3, -0.25) is 4.90 Å². The Morgan fingerprint density at radius 1 is 1.22 bits per heavy atom. The molecule has 1 aromatic rings. The lowest BCUT2D eigenvalue weighted by Crippen LogP contribution is -2.47. The Balaban J connectivity index is 1.76. The van der Waals surface area contributed by atoms with Crippen molar-refractivity contribution >= 4 is 12.0 Å². The summed E-state index contributed by atoms with van der Waals surface area (Å²) in [5.74, 6) is 0.151. The summed E-state index contributed by atoms with van der Waals surface area (Å²) < 4.78 is 5.15. The van der Waals surface area contributed by atoms with Crippen LogP contribution in [0.2, 0.25) is 0 Å². The Bertz CT molecular complexity index is 721. The Labute approximate surface area is 161 Å². The highest BCUT2D eigenvalue weighted by Crippen LogP contribution is 2.29. The van der Waals surface area contributed by atoms with Crippen LogP contribution in [0.25, 0.3) is 0 Å². The van der Waals surface area contributed by atoms with Gasteiger partial charge in [-0.2, -0.15) is 0 Å². The SMILES string of the molecule is CCOC(=O)C1=C(CN(Cc2ccc(C(C)C)cc2)C2CC2)NC(=O)NC1. The van der Waals surface area contributed by atoms with Crippen LogP contribution in [-0.4, -0.2) is 42.6 Å². The standard InChI is InChI=1S/C21H29N3O3/c1-4-27-20(25)18-11-22-21(26)23-19(18)13-24(17-9-10-17)12-15-5-7-16(8-6-15)14(2)3/h5-8,14,17H,4,9-13H2,1-3H3,(H2,22,23,26). The van der Waals surface area contributed by atoms with Crippen LogP contribution in [0.15, 0.2) is 35.5 Å². The maximum absolute atomic E-state index is 12.3. The highest BCUT2D eigenvalue weighted by atomic mass is 16.5. The number of nitrogens with one attached hydrogen (secondary N) is 2. The molecular formula is C21H29N3O3. The van der Waals surface area contributed by atoms with E-state index in [4.69, 9.17) is 4.74 Å². The second kappa shape index (κ2) is 8.57. The third kappa shape index (κ3) is 5.10. The molecule has 0 atom stereocenters. The fourth-order valence-electron chi connectivity index (χ4n) is 3.28. The summed E-state index contributed by atoms with van der Waals surface area (Å²) in [6, 6.07) is 8.94. The molecule has 1 aromatic carbocycles. The smallest absolute Gasteiger partial charge is 0.337 e. The first-order valence-corrected chi connectivity index (χ1v) is 9.74. The highest BCUT2D eigenvalue weighted by molar-refractivity contribution is 5.93. The summed E-state index contributed by atoms with van der Waals surface area (Å²) in [5.41, 5.74) is 3.74. The number of benzene rings is 1. The minimum Gasteiger partial charge on any atom is -0.463 e. The van der Waals surface area contributed by atoms with Gasteiger partial charge in [-0.25, -0.2) is 9.59 Å². The average molecular weight is 371 g/mol. The van der Waals surface area contributed by atoms with Gasteiger partial charge in [0.15, 0.2) is 0 Å². The zero-order valence-corrected chi connectivity index (χ0v) is 16.4. The van der Waals surface area contributed by atoms with Gasteiger partial charge in [-0.1, -0.05) is 38.1 Å². The number of urea groups is 1. The Morgan fingerprint density at radius 3 is 2.52 bits per heavy atom. The number of esters is 1. The first kappa shape index (κ1) is 19.4. The van der Waals surface area contributed by atoms with Crippen LogP contribution in [0, 0.1) is 0 Å². The summed E-state index contributed by atoms with van der Waals surface area (Å²) in [5, 5.41) is 5.47. The van der Waals surface area contributed by atoms with Crippen molar-refractivity contribution in [3.63, 3.8) is 0 Å². The van der Waals surface area contributed by atoms with Gasteiger partial charge < -0.3 is 15.4 Å². The van der Waals surface area contributed by atoms with E-state index < -0.39 is 0 Å². The molecule has 27 heavy (non-hydrogen) atoms. The molecular weight excluding hydrogens is 342 g/mol. The largest absolute Gasteiger partial charge is 0.463 e. The lowest BCUT2D eigenvalue weighted by atomic mass is 10.0. The lowest BCUT2D eigenvalue weighted by molar-refractivity contribution is -0.138. The lowest BCUT2D eigenvalue weighted by Gasteiger charge is -2.28. The number of nitrogens with zero attached hydrogens (tertiary/aromatic N) is 1. The van der Waals surface area contributed by atoms with E-state index in [9.17, 15) is 9.59 Å². The molecule has 1 aliphatic heterocycles. The van der Waals surface area contributed by atoms with Crippen molar-refractivity contribution in [2.45, 2.75) is 52.1 Å². The second-order valence-electron chi connectivity index (χ2n) is 7.52. The summed E-state index contributed by atoms with van der Waals surface area (Å²) in [6.45, 7) is 8.03. The number of rotatable bonds is 8. The van der Waals surface area contributed by atoms with Crippen molar-refractivity contribution in [3.8, 4) is 0 Å². The van der Waals surface area contributed by atoms with E-state index in [1.807, 2.05) is 0 Å². The van der Waals surface area contributed by atoms with Crippen molar-refractivity contribution in [3.05, 3.63) is 46.7 Å². The number of amides is 2. The van der Waals surface area contributed by atoms with Crippen LogP contribution < -0.4 is 10.6 Å². The molecule has 146 valence electrons. The average Bonchev–Trinajstić information content (AvgIpc) is 3.47. The summed E-state index contributed by atoms with van der Waals surface area (Å²) in [4.78, 5) is 26.4. The molecule has 3 rings (SSSR count). The molecule has 1 aliphatic carbocycles. The van der Waals surface area contributed by atoms with Crippen LogP contribution in [0.1, 0.15) is 50.7 Å². The topological polar surface area (TPSA) is 70.7 Å². The predicted octanol–water partition coefficient (Wildman–Crippen LogP) is 2.90. The van der Waals surface area contributed by atoms with Gasteiger partial charge in [0.1, 0.15) is 0 Å². The molecule has 6 nitrogen and oxygen atoms in total. The minimum atomic E-state index is -0.364. The van der Waals surface area contributed by atoms with E-state index in [0.717, 1.165) is 19.4 Å². The van der Waals surface area contributed by atoms with E-state index in [1.54, 1.807) is 6.92 Å². The molecule has 2 amide bonds. The zero-order valence-electron chi connectivity index (χ0n) is 16.4. The van der Waals surface area contributed by atoms with Crippen LogP contribution in [0.3, 0.4) is 0 Å². The first-order valence-electron chi connectivity index (χ1n) is 9.74. The number of hydrogen-bond acceptors (Lipinski definition) is 4. The highest BCUT2D eigenvalue weighted by Gasteiger charge is 2.32. The van der Waals surface area contributed by atoms with Gasteiger partial charge >= 0.3 is 12.0 Å². The van der Waals surface area contributed by atoms with Crippen LogP contribution in [-0.2, 0) is 16.1 Å². The third-order valence-corrected chi connectivity index (χ3v) is 5.03. The summed E-state index contributed by atoms with van der Waals surface area (Å²) in [6.07, 6.45) is 2.30. The number of carbonyl (C=O) groups excluding carboxylic acids is 2. The van der Waals surface area contributed by atoms with Crippen LogP contribution in [0.5, 0.6) is 0 Å². The van der Waals surface area contributed by atoms with Crippen molar-refractivity contribution in [2.24, 2.45) is 0 Å². The molecule has 0 radical (unpaired) electrons. The van der Waals surface area contributed by atoms with Crippen molar-refractivity contribution < 1.29 is 14.3 Å². The van der Waals surface area contributed by atoms with Gasteiger partial charge in [-0.15, -0.1) is 0 Å². The van der Waals surface area contributed by atoms with E-state index in [-0.39, 0.29) is 18.5 Å². The maximum atomic E-state index is 12.3. The molecule has 1 fully saturated rings. The van der Waals surface area contributed by atoms with Gasteiger partial charge in [0, 0.05) is 24.8 Å². The van der Waals surface area contributed by atoms with Crippen molar-refractivity contribution in [1.29, 1.82) is 0 Å². The van der Waals surface area contributed by atoms with Gasteiger partial charge in [-0.05, 0) is 36.8 Å². The van der Waals surface area contributed by atoms with Gasteiger partial charge in [0.05, 0.1) is 18.7 Å². The number of ether oxygens (including phenoxy) is 1.